The number of anilines is 3. The quantitative estimate of drug-likeness (QED) is 0.679. The topological polar surface area (TPSA) is 72.5 Å². The number of nitrogens with zero attached hydrogens (tertiary/aromatic N) is 1. The van der Waals surface area contributed by atoms with E-state index in [0.717, 1.165) is 16.9 Å². The molecule has 0 saturated heterocycles. The van der Waals surface area contributed by atoms with Crippen molar-refractivity contribution in [1.82, 2.24) is 4.98 Å². The Balaban J connectivity index is 1.75. The van der Waals surface area contributed by atoms with E-state index < -0.39 is 0 Å². The Hall–Kier alpha value is -3.54. The molecular weight excluding hydrogens is 342 g/mol. The number of amides is 1. The molecule has 0 unspecified atom stereocenters. The Labute approximate surface area is 158 Å². The van der Waals surface area contributed by atoms with Crippen LogP contribution >= 0.6 is 0 Å². The smallest absolute Gasteiger partial charge is 0.274 e. The summed E-state index contributed by atoms with van der Waals surface area (Å²) in [7, 11) is 3.11. The van der Waals surface area contributed by atoms with Crippen molar-refractivity contribution in [3.63, 3.8) is 0 Å². The minimum Gasteiger partial charge on any atom is -0.493 e. The van der Waals surface area contributed by atoms with Crippen LogP contribution in [0.15, 0.2) is 60.8 Å². The lowest BCUT2D eigenvalue weighted by atomic mass is 10.2. The molecule has 6 heteroatoms. The number of carbonyl (C=O) groups excluding carboxylic acids is 1. The van der Waals surface area contributed by atoms with E-state index in [1.807, 2.05) is 37.3 Å². The van der Waals surface area contributed by atoms with E-state index in [0.29, 0.717) is 22.9 Å². The van der Waals surface area contributed by atoms with Crippen LogP contribution in [0.3, 0.4) is 0 Å². The molecule has 0 aliphatic heterocycles. The Morgan fingerprint density at radius 1 is 0.889 bits per heavy atom. The number of hydrogen-bond donors (Lipinski definition) is 2. The van der Waals surface area contributed by atoms with Crippen LogP contribution in [0.4, 0.5) is 17.1 Å². The highest BCUT2D eigenvalue weighted by Gasteiger charge is 2.11. The van der Waals surface area contributed by atoms with E-state index >= 15 is 0 Å². The van der Waals surface area contributed by atoms with Gasteiger partial charge in [-0.2, -0.15) is 0 Å². The first-order valence-electron chi connectivity index (χ1n) is 8.42. The lowest BCUT2D eigenvalue weighted by Crippen LogP contribution is -2.14. The van der Waals surface area contributed by atoms with Gasteiger partial charge in [0.25, 0.3) is 5.91 Å². The summed E-state index contributed by atoms with van der Waals surface area (Å²) < 4.78 is 10.5. The maximum atomic E-state index is 12.6. The molecule has 3 rings (SSSR count). The van der Waals surface area contributed by atoms with Gasteiger partial charge in [0.15, 0.2) is 11.5 Å². The molecule has 0 atom stereocenters. The summed E-state index contributed by atoms with van der Waals surface area (Å²) in [6.07, 6.45) is 1.60. The van der Waals surface area contributed by atoms with E-state index in [9.17, 15) is 4.79 Å². The van der Waals surface area contributed by atoms with Crippen LogP contribution in [0.25, 0.3) is 0 Å². The van der Waals surface area contributed by atoms with Crippen molar-refractivity contribution in [3.8, 4) is 11.5 Å². The van der Waals surface area contributed by atoms with Crippen LogP contribution in [0, 0.1) is 6.92 Å². The zero-order chi connectivity index (χ0) is 19.2. The minimum absolute atomic E-state index is 0.308. The molecule has 0 fully saturated rings. The average molecular weight is 363 g/mol. The number of aryl methyl sites for hydroxylation is 1. The van der Waals surface area contributed by atoms with Gasteiger partial charge >= 0.3 is 0 Å². The van der Waals surface area contributed by atoms with Gasteiger partial charge in [-0.1, -0.05) is 12.1 Å². The fourth-order valence-electron chi connectivity index (χ4n) is 2.63. The monoisotopic (exact) mass is 363 g/mol. The summed E-state index contributed by atoms with van der Waals surface area (Å²) in [6, 6.07) is 16.7. The second kappa shape index (κ2) is 8.23. The van der Waals surface area contributed by atoms with Gasteiger partial charge in [-0.3, -0.25) is 9.78 Å². The number of rotatable bonds is 6. The SMILES string of the molecule is COc1ccc(NC(=O)c2cc(Nc3cccc(C)c3)ccn2)cc1OC. The van der Waals surface area contributed by atoms with Crippen molar-refractivity contribution >= 4 is 23.0 Å². The summed E-state index contributed by atoms with van der Waals surface area (Å²) in [6.45, 7) is 2.03. The molecular formula is C21H21N3O3. The second-order valence-electron chi connectivity index (χ2n) is 5.95. The third kappa shape index (κ3) is 4.55. The molecule has 0 saturated carbocycles. The van der Waals surface area contributed by atoms with Crippen molar-refractivity contribution in [2.24, 2.45) is 0 Å². The number of pyridine rings is 1. The van der Waals surface area contributed by atoms with E-state index in [1.54, 1.807) is 44.7 Å². The third-order valence-electron chi connectivity index (χ3n) is 3.94. The van der Waals surface area contributed by atoms with Crippen molar-refractivity contribution in [2.75, 3.05) is 24.9 Å². The predicted molar refractivity (Wildman–Crippen MR) is 106 cm³/mol. The van der Waals surface area contributed by atoms with Crippen LogP contribution < -0.4 is 20.1 Å². The summed E-state index contributed by atoms with van der Waals surface area (Å²) in [5.74, 6) is 0.825. The van der Waals surface area contributed by atoms with Gasteiger partial charge in [-0.05, 0) is 48.9 Å². The molecule has 1 heterocycles. The third-order valence-corrected chi connectivity index (χ3v) is 3.94. The van der Waals surface area contributed by atoms with Crippen molar-refractivity contribution in [2.45, 2.75) is 6.92 Å². The molecule has 0 bridgehead atoms. The van der Waals surface area contributed by atoms with Crippen molar-refractivity contribution < 1.29 is 14.3 Å². The second-order valence-corrected chi connectivity index (χ2v) is 5.95. The van der Waals surface area contributed by atoms with Gasteiger partial charge < -0.3 is 20.1 Å². The van der Waals surface area contributed by atoms with Crippen LogP contribution in [-0.4, -0.2) is 25.1 Å². The highest BCUT2D eigenvalue weighted by atomic mass is 16.5. The van der Waals surface area contributed by atoms with Crippen LogP contribution in [0.1, 0.15) is 16.1 Å². The first kappa shape index (κ1) is 18.3. The number of nitrogens with one attached hydrogen (secondary N) is 2. The molecule has 1 aromatic heterocycles. The van der Waals surface area contributed by atoms with E-state index in [-0.39, 0.29) is 5.91 Å². The van der Waals surface area contributed by atoms with Gasteiger partial charge in [0, 0.05) is 29.3 Å². The summed E-state index contributed by atoms with van der Waals surface area (Å²) in [4.78, 5) is 16.7. The number of aromatic nitrogens is 1. The molecule has 0 radical (unpaired) electrons. The summed E-state index contributed by atoms with van der Waals surface area (Å²) in [5.41, 5.74) is 3.79. The molecule has 0 aliphatic carbocycles. The minimum atomic E-state index is -0.310. The Morgan fingerprint density at radius 2 is 1.67 bits per heavy atom. The van der Waals surface area contributed by atoms with Crippen LogP contribution in [-0.2, 0) is 0 Å². The van der Waals surface area contributed by atoms with Gasteiger partial charge in [-0.15, -0.1) is 0 Å². The van der Waals surface area contributed by atoms with Crippen LogP contribution in [0.5, 0.6) is 11.5 Å². The lowest BCUT2D eigenvalue weighted by molar-refractivity contribution is 0.102. The highest BCUT2D eigenvalue weighted by molar-refractivity contribution is 6.03. The largest absolute Gasteiger partial charge is 0.493 e. The molecule has 0 aliphatic rings. The standard InChI is InChI=1S/C21H21N3O3/c1-14-5-4-6-15(11-14)23-17-9-10-22-18(12-17)21(25)24-16-7-8-19(26-2)20(13-16)27-3/h4-13H,1-3H3,(H,22,23)(H,24,25). The van der Waals surface area contributed by atoms with E-state index in [2.05, 4.69) is 15.6 Å². The van der Waals surface area contributed by atoms with Crippen LogP contribution in [0.2, 0.25) is 0 Å². The predicted octanol–water partition coefficient (Wildman–Crippen LogP) is 4.40. The Morgan fingerprint density at radius 3 is 2.41 bits per heavy atom. The molecule has 3 aromatic rings. The van der Waals surface area contributed by atoms with Gasteiger partial charge in [0.05, 0.1) is 14.2 Å². The Bertz CT molecular complexity index is 957. The first-order valence-corrected chi connectivity index (χ1v) is 8.42. The molecule has 2 aromatic carbocycles. The highest BCUT2D eigenvalue weighted by Crippen LogP contribution is 2.30. The summed E-state index contributed by atoms with van der Waals surface area (Å²) in [5, 5.41) is 6.10. The molecule has 1 amide bonds. The summed E-state index contributed by atoms with van der Waals surface area (Å²) >= 11 is 0. The number of hydrogen-bond acceptors (Lipinski definition) is 5. The van der Waals surface area contributed by atoms with Gasteiger partial charge in [0.2, 0.25) is 0 Å². The van der Waals surface area contributed by atoms with E-state index in [1.165, 1.54) is 0 Å². The number of benzene rings is 2. The normalized spacial score (nSPS) is 10.2. The number of ether oxygens (including phenoxy) is 2. The zero-order valence-electron chi connectivity index (χ0n) is 15.4. The van der Waals surface area contributed by atoms with Gasteiger partial charge in [0.1, 0.15) is 5.69 Å². The molecule has 138 valence electrons. The maximum absolute atomic E-state index is 12.6. The molecule has 0 spiro atoms. The van der Waals surface area contributed by atoms with Crippen molar-refractivity contribution in [3.05, 3.63) is 72.1 Å². The fraction of sp³-hybridized carbons (Fsp3) is 0.143. The first-order chi connectivity index (χ1) is 13.1. The average Bonchev–Trinajstić information content (AvgIpc) is 2.68. The number of carbonyl (C=O) groups is 1. The van der Waals surface area contributed by atoms with E-state index in [4.69, 9.17) is 9.47 Å². The lowest BCUT2D eigenvalue weighted by Gasteiger charge is -2.11. The van der Waals surface area contributed by atoms with Gasteiger partial charge in [-0.25, -0.2) is 0 Å². The molecule has 27 heavy (non-hydrogen) atoms. The zero-order valence-corrected chi connectivity index (χ0v) is 15.4. The fourth-order valence-corrected chi connectivity index (χ4v) is 2.63. The Kier molecular flexibility index (Phi) is 5.56. The molecule has 2 N–H and O–H groups in total. The maximum Gasteiger partial charge on any atom is 0.274 e. The van der Waals surface area contributed by atoms with Crippen molar-refractivity contribution in [1.29, 1.82) is 0 Å². The number of methoxy groups -OCH3 is 2. The molecule has 6 nitrogen and oxygen atoms in total.